The first-order chi connectivity index (χ1) is 11.7. The van der Waals surface area contributed by atoms with Gasteiger partial charge in [0.05, 0.1) is 6.21 Å². The number of aromatic amines is 1. The van der Waals surface area contributed by atoms with Crippen molar-refractivity contribution in [2.75, 3.05) is 0 Å². The summed E-state index contributed by atoms with van der Waals surface area (Å²) in [4.78, 5) is 25.1. The second kappa shape index (κ2) is 7.19. The highest BCUT2D eigenvalue weighted by atomic mass is 16.2. The van der Waals surface area contributed by atoms with E-state index >= 15 is 0 Å². The van der Waals surface area contributed by atoms with Gasteiger partial charge in [0.15, 0.2) is 0 Å². The van der Waals surface area contributed by atoms with Gasteiger partial charge in [0.25, 0.3) is 5.91 Å². The molecule has 0 atom stereocenters. The molecular formula is C17H15N5O2. The van der Waals surface area contributed by atoms with Crippen LogP contribution in [0.4, 0.5) is 0 Å². The fraction of sp³-hybridized carbons (Fsp3) is 0.0588. The minimum atomic E-state index is -0.604. The zero-order chi connectivity index (χ0) is 16.8. The van der Waals surface area contributed by atoms with Gasteiger partial charge in [0, 0.05) is 6.54 Å². The first-order valence-electron chi connectivity index (χ1n) is 7.33. The third-order valence-corrected chi connectivity index (χ3v) is 3.28. The smallest absolute Gasteiger partial charge is 0.320 e. The second-order valence-corrected chi connectivity index (χ2v) is 5.00. The van der Waals surface area contributed by atoms with Crippen molar-refractivity contribution >= 4 is 12.1 Å². The molecule has 3 rings (SSSR count). The number of carbonyl (C=O) groups is 1. The number of benzene rings is 2. The number of H-pyrrole nitrogens is 1. The van der Waals surface area contributed by atoms with Crippen molar-refractivity contribution in [1.82, 2.24) is 20.4 Å². The maximum atomic E-state index is 12.1. The summed E-state index contributed by atoms with van der Waals surface area (Å²) >= 11 is 0. The molecule has 3 aromatic rings. The average molecular weight is 321 g/mol. The number of carbonyl (C=O) groups excluding carboxylic acids is 1. The standard InChI is InChI=1S/C17H15N5O2/c23-16(18-11-13-7-3-1-4-8-13)15-17(24)22(21-20-15)19-12-14-9-5-2-6-10-14/h1-10,12,21H,11H2,(H,18,23)/b19-12+. The fourth-order valence-corrected chi connectivity index (χ4v) is 2.04. The molecule has 0 aliphatic carbocycles. The summed E-state index contributed by atoms with van der Waals surface area (Å²) in [7, 11) is 0. The van der Waals surface area contributed by atoms with Crippen LogP contribution in [0.5, 0.6) is 0 Å². The van der Waals surface area contributed by atoms with E-state index in [-0.39, 0.29) is 5.69 Å². The lowest BCUT2D eigenvalue weighted by Gasteiger charge is -2.01. The molecule has 1 heterocycles. The third-order valence-electron chi connectivity index (χ3n) is 3.28. The van der Waals surface area contributed by atoms with Crippen LogP contribution in [0, 0.1) is 0 Å². The molecule has 0 spiro atoms. The second-order valence-electron chi connectivity index (χ2n) is 5.00. The van der Waals surface area contributed by atoms with Crippen LogP contribution in [-0.2, 0) is 6.54 Å². The third kappa shape index (κ3) is 3.64. The highest BCUT2D eigenvalue weighted by molar-refractivity contribution is 5.91. The number of nitrogens with one attached hydrogen (secondary N) is 2. The number of hydrogen-bond acceptors (Lipinski definition) is 4. The van der Waals surface area contributed by atoms with Gasteiger partial charge in [-0.25, -0.2) is 0 Å². The van der Waals surface area contributed by atoms with E-state index in [0.29, 0.717) is 6.54 Å². The van der Waals surface area contributed by atoms with Crippen LogP contribution >= 0.6 is 0 Å². The Kier molecular flexibility index (Phi) is 4.62. The average Bonchev–Trinajstić information content (AvgIpc) is 3.00. The van der Waals surface area contributed by atoms with E-state index in [2.05, 4.69) is 20.7 Å². The zero-order valence-electron chi connectivity index (χ0n) is 12.7. The Balaban J connectivity index is 1.69. The van der Waals surface area contributed by atoms with Gasteiger partial charge >= 0.3 is 5.56 Å². The van der Waals surface area contributed by atoms with Crippen molar-refractivity contribution in [2.45, 2.75) is 6.54 Å². The molecule has 2 aromatic carbocycles. The molecule has 0 aliphatic heterocycles. The van der Waals surface area contributed by atoms with Gasteiger partial charge in [-0.05, 0) is 11.1 Å². The van der Waals surface area contributed by atoms with Gasteiger partial charge in [-0.15, -0.1) is 9.89 Å². The Morgan fingerprint density at radius 1 is 1.12 bits per heavy atom. The quantitative estimate of drug-likeness (QED) is 0.695. The van der Waals surface area contributed by atoms with Crippen molar-refractivity contribution in [3.63, 3.8) is 0 Å². The molecular weight excluding hydrogens is 306 g/mol. The molecule has 1 aromatic heterocycles. The van der Waals surface area contributed by atoms with E-state index in [4.69, 9.17) is 0 Å². The lowest BCUT2D eigenvalue weighted by atomic mass is 10.2. The first-order valence-corrected chi connectivity index (χ1v) is 7.33. The van der Waals surface area contributed by atoms with E-state index < -0.39 is 11.5 Å². The minimum absolute atomic E-state index is 0.226. The van der Waals surface area contributed by atoms with E-state index in [1.807, 2.05) is 60.7 Å². The molecule has 0 radical (unpaired) electrons. The number of amides is 1. The van der Waals surface area contributed by atoms with Crippen LogP contribution in [0.25, 0.3) is 0 Å². The van der Waals surface area contributed by atoms with Crippen molar-refractivity contribution in [1.29, 1.82) is 0 Å². The maximum Gasteiger partial charge on any atom is 0.320 e. The van der Waals surface area contributed by atoms with Gasteiger partial charge in [0.1, 0.15) is 0 Å². The van der Waals surface area contributed by atoms with Crippen LogP contribution < -0.4 is 10.9 Å². The number of nitrogens with zero attached hydrogens (tertiary/aromatic N) is 3. The van der Waals surface area contributed by atoms with Crippen molar-refractivity contribution < 1.29 is 4.79 Å². The van der Waals surface area contributed by atoms with Crippen molar-refractivity contribution in [2.24, 2.45) is 5.10 Å². The predicted molar refractivity (Wildman–Crippen MR) is 89.9 cm³/mol. The molecule has 24 heavy (non-hydrogen) atoms. The largest absolute Gasteiger partial charge is 0.346 e. The normalized spacial score (nSPS) is 10.8. The van der Waals surface area contributed by atoms with E-state index in [1.54, 1.807) is 0 Å². The van der Waals surface area contributed by atoms with Gasteiger partial charge < -0.3 is 5.32 Å². The molecule has 2 N–H and O–H groups in total. The predicted octanol–water partition coefficient (Wildman–Crippen LogP) is 1.38. The van der Waals surface area contributed by atoms with Gasteiger partial charge in [0.2, 0.25) is 5.69 Å². The van der Waals surface area contributed by atoms with Gasteiger partial charge in [-0.3, -0.25) is 9.59 Å². The molecule has 120 valence electrons. The SMILES string of the molecule is O=C(NCc1ccccc1)c1n[nH]n(/N=C/c2ccccc2)c1=O. The van der Waals surface area contributed by atoms with E-state index in [9.17, 15) is 9.59 Å². The van der Waals surface area contributed by atoms with Crippen LogP contribution in [0.2, 0.25) is 0 Å². The lowest BCUT2D eigenvalue weighted by molar-refractivity contribution is 0.0944. The number of hydrogen-bond donors (Lipinski definition) is 2. The van der Waals surface area contributed by atoms with Crippen LogP contribution in [0.1, 0.15) is 21.6 Å². The Morgan fingerprint density at radius 2 is 1.79 bits per heavy atom. The summed E-state index contributed by atoms with van der Waals surface area (Å²) in [5.41, 5.74) is 0.932. The molecule has 0 fully saturated rings. The minimum Gasteiger partial charge on any atom is -0.346 e. The summed E-state index contributed by atoms with van der Waals surface area (Å²) in [6.45, 7) is 0.319. The van der Waals surface area contributed by atoms with Crippen molar-refractivity contribution in [3.8, 4) is 0 Å². The molecule has 7 nitrogen and oxygen atoms in total. The highest BCUT2D eigenvalue weighted by Crippen LogP contribution is 1.98. The molecule has 0 saturated carbocycles. The topological polar surface area (TPSA) is 92.1 Å². The Morgan fingerprint density at radius 3 is 2.50 bits per heavy atom. The lowest BCUT2D eigenvalue weighted by Crippen LogP contribution is -2.29. The monoisotopic (exact) mass is 321 g/mol. The number of aromatic nitrogens is 3. The summed E-state index contributed by atoms with van der Waals surface area (Å²) in [6.07, 6.45) is 1.51. The maximum absolute atomic E-state index is 12.1. The Hall–Kier alpha value is -3.48. The molecule has 0 unspecified atom stereocenters. The fourth-order valence-electron chi connectivity index (χ4n) is 2.04. The van der Waals surface area contributed by atoms with Gasteiger partial charge in [-0.2, -0.15) is 10.3 Å². The van der Waals surface area contributed by atoms with E-state index in [0.717, 1.165) is 15.9 Å². The van der Waals surface area contributed by atoms with Gasteiger partial charge in [-0.1, -0.05) is 60.7 Å². The Bertz CT molecular complexity index is 897. The molecule has 7 heteroatoms. The molecule has 0 bridgehead atoms. The molecule has 0 aliphatic rings. The summed E-state index contributed by atoms with van der Waals surface area (Å²) in [5.74, 6) is -0.547. The highest BCUT2D eigenvalue weighted by Gasteiger charge is 2.16. The zero-order valence-corrected chi connectivity index (χ0v) is 12.7. The molecule has 0 saturated heterocycles. The number of rotatable bonds is 5. The van der Waals surface area contributed by atoms with Crippen LogP contribution in [0.3, 0.4) is 0 Å². The van der Waals surface area contributed by atoms with Crippen LogP contribution in [0.15, 0.2) is 70.6 Å². The molecule has 1 amide bonds. The first kappa shape index (κ1) is 15.4. The van der Waals surface area contributed by atoms with Crippen LogP contribution in [-0.4, -0.2) is 27.2 Å². The summed E-state index contributed by atoms with van der Waals surface area (Å²) < 4.78 is 0. The van der Waals surface area contributed by atoms with Crippen molar-refractivity contribution in [3.05, 3.63) is 87.8 Å². The Labute approximate surface area is 137 Å². The summed E-state index contributed by atoms with van der Waals surface area (Å²) in [6, 6.07) is 18.7. The summed E-state index contributed by atoms with van der Waals surface area (Å²) in [5, 5.41) is 12.8. The van der Waals surface area contributed by atoms with E-state index in [1.165, 1.54) is 6.21 Å².